The molecule has 0 unspecified atom stereocenters. The minimum absolute atomic E-state index is 0.268. The van der Waals surface area contributed by atoms with Crippen LogP contribution in [0.1, 0.15) is 30.2 Å². The van der Waals surface area contributed by atoms with Gasteiger partial charge in [0.1, 0.15) is 12.4 Å². The molecular formula is C17H21N7O2. The van der Waals surface area contributed by atoms with Crippen LogP contribution in [0.25, 0.3) is 11.4 Å². The number of aromatic nitrogens is 5. The molecule has 0 fully saturated rings. The highest BCUT2D eigenvalue weighted by atomic mass is 16.5. The quantitative estimate of drug-likeness (QED) is 0.752. The average molecular weight is 355 g/mol. The summed E-state index contributed by atoms with van der Waals surface area (Å²) in [6.45, 7) is 4.13. The van der Waals surface area contributed by atoms with Gasteiger partial charge < -0.3 is 19.3 Å². The maximum atomic E-state index is 12.4. The second-order valence-corrected chi connectivity index (χ2v) is 6.21. The number of benzene rings is 1. The van der Waals surface area contributed by atoms with E-state index in [1.165, 1.54) is 4.90 Å². The zero-order valence-electron chi connectivity index (χ0n) is 15.2. The van der Waals surface area contributed by atoms with Crippen LogP contribution in [0.5, 0.6) is 0 Å². The fourth-order valence-corrected chi connectivity index (χ4v) is 2.40. The van der Waals surface area contributed by atoms with Gasteiger partial charge in [-0.3, -0.25) is 0 Å². The molecule has 1 aromatic carbocycles. The Morgan fingerprint density at radius 1 is 1.42 bits per heavy atom. The number of aryl methyl sites for hydroxylation is 2. The van der Waals surface area contributed by atoms with E-state index in [-0.39, 0.29) is 6.03 Å². The molecule has 26 heavy (non-hydrogen) atoms. The van der Waals surface area contributed by atoms with Crippen molar-refractivity contribution in [3.63, 3.8) is 0 Å². The van der Waals surface area contributed by atoms with Crippen molar-refractivity contribution in [3.05, 3.63) is 47.9 Å². The first-order valence-corrected chi connectivity index (χ1v) is 8.19. The summed E-state index contributed by atoms with van der Waals surface area (Å²) in [5.74, 6) is 1.54. The lowest BCUT2D eigenvalue weighted by atomic mass is 10.1. The van der Waals surface area contributed by atoms with Gasteiger partial charge >= 0.3 is 6.03 Å². The number of nitrogens with one attached hydrogen (secondary N) is 1. The average Bonchev–Trinajstić information content (AvgIpc) is 3.24. The molecule has 0 saturated carbocycles. The topological polar surface area (TPSA) is 102 Å². The summed E-state index contributed by atoms with van der Waals surface area (Å²) in [5, 5.41) is 14.6. The third-order valence-electron chi connectivity index (χ3n) is 3.96. The normalized spacial score (nSPS) is 12.0. The standard InChI is InChI=1S/C17H21N7O2/c1-11-6-5-7-13(8-11)15-20-16(26-22-15)12(2)19-17(25)23(3)9-14-21-18-10-24(14)4/h5-8,10,12H,9H2,1-4H3,(H,19,25)/t12-/m0/s1. The van der Waals surface area contributed by atoms with Crippen molar-refractivity contribution in [2.24, 2.45) is 7.05 Å². The number of hydrogen-bond acceptors (Lipinski definition) is 6. The molecule has 3 aromatic rings. The van der Waals surface area contributed by atoms with Crippen LogP contribution in [0, 0.1) is 6.92 Å². The second-order valence-electron chi connectivity index (χ2n) is 6.21. The number of carbonyl (C=O) groups excluding carboxylic acids is 1. The van der Waals surface area contributed by atoms with Crippen LogP contribution in [0.15, 0.2) is 35.1 Å². The van der Waals surface area contributed by atoms with Crippen LogP contribution in [-0.2, 0) is 13.6 Å². The molecule has 1 atom stereocenters. The number of carbonyl (C=O) groups is 1. The van der Waals surface area contributed by atoms with Gasteiger partial charge in [-0.15, -0.1) is 10.2 Å². The number of rotatable bonds is 5. The lowest BCUT2D eigenvalue weighted by Gasteiger charge is -2.19. The van der Waals surface area contributed by atoms with Crippen LogP contribution >= 0.6 is 0 Å². The number of hydrogen-bond donors (Lipinski definition) is 1. The Bertz CT molecular complexity index is 902. The summed E-state index contributed by atoms with van der Waals surface area (Å²) in [6.07, 6.45) is 1.59. The van der Waals surface area contributed by atoms with Gasteiger partial charge in [-0.05, 0) is 19.9 Å². The first kappa shape index (κ1) is 17.6. The van der Waals surface area contributed by atoms with E-state index in [0.717, 1.165) is 11.1 Å². The van der Waals surface area contributed by atoms with E-state index in [4.69, 9.17) is 4.52 Å². The SMILES string of the molecule is Cc1cccc(-c2noc([C@H](C)NC(=O)N(C)Cc3nncn3C)n2)c1. The predicted molar refractivity (Wildman–Crippen MR) is 93.9 cm³/mol. The van der Waals surface area contributed by atoms with E-state index < -0.39 is 6.04 Å². The summed E-state index contributed by atoms with van der Waals surface area (Å²) in [6, 6.07) is 7.14. The number of nitrogens with zero attached hydrogens (tertiary/aromatic N) is 6. The Balaban J connectivity index is 1.63. The minimum Gasteiger partial charge on any atom is -0.337 e. The third kappa shape index (κ3) is 3.88. The summed E-state index contributed by atoms with van der Waals surface area (Å²) in [5.41, 5.74) is 1.98. The van der Waals surface area contributed by atoms with Crippen LogP contribution in [0.4, 0.5) is 4.79 Å². The van der Waals surface area contributed by atoms with E-state index in [2.05, 4.69) is 25.7 Å². The molecule has 0 spiro atoms. The number of amides is 2. The Morgan fingerprint density at radius 3 is 2.92 bits per heavy atom. The maximum Gasteiger partial charge on any atom is 0.318 e. The maximum absolute atomic E-state index is 12.4. The molecule has 2 heterocycles. The van der Waals surface area contributed by atoms with E-state index in [1.807, 2.05) is 38.2 Å². The fourth-order valence-electron chi connectivity index (χ4n) is 2.40. The Kier molecular flexibility index (Phi) is 4.97. The Hall–Kier alpha value is -3.23. The fraction of sp³-hybridized carbons (Fsp3) is 0.353. The van der Waals surface area contributed by atoms with E-state index >= 15 is 0 Å². The zero-order chi connectivity index (χ0) is 18.7. The Morgan fingerprint density at radius 2 is 2.23 bits per heavy atom. The zero-order valence-corrected chi connectivity index (χ0v) is 15.2. The lowest BCUT2D eigenvalue weighted by Crippen LogP contribution is -2.38. The molecule has 0 bridgehead atoms. The molecule has 136 valence electrons. The van der Waals surface area contributed by atoms with Crippen LogP contribution in [0.3, 0.4) is 0 Å². The van der Waals surface area contributed by atoms with Crippen LogP contribution < -0.4 is 5.32 Å². The van der Waals surface area contributed by atoms with Crippen molar-refractivity contribution in [1.29, 1.82) is 0 Å². The number of urea groups is 1. The lowest BCUT2D eigenvalue weighted by molar-refractivity contribution is 0.198. The van der Waals surface area contributed by atoms with Gasteiger partial charge in [0.15, 0.2) is 5.82 Å². The highest BCUT2D eigenvalue weighted by Gasteiger charge is 2.20. The van der Waals surface area contributed by atoms with Gasteiger partial charge in [0, 0.05) is 19.7 Å². The predicted octanol–water partition coefficient (Wildman–Crippen LogP) is 2.08. The second kappa shape index (κ2) is 7.34. The summed E-state index contributed by atoms with van der Waals surface area (Å²) in [4.78, 5) is 18.3. The molecule has 9 nitrogen and oxygen atoms in total. The van der Waals surface area contributed by atoms with E-state index in [1.54, 1.807) is 24.9 Å². The molecule has 3 rings (SSSR count). The van der Waals surface area contributed by atoms with Gasteiger partial charge in [0.05, 0.1) is 6.54 Å². The van der Waals surface area contributed by atoms with Gasteiger partial charge in [-0.1, -0.05) is 28.9 Å². The molecule has 2 aromatic heterocycles. The van der Waals surface area contributed by atoms with Crippen molar-refractivity contribution in [2.45, 2.75) is 26.4 Å². The summed E-state index contributed by atoms with van der Waals surface area (Å²) in [7, 11) is 3.51. The molecule has 0 saturated heterocycles. The van der Waals surface area contributed by atoms with Crippen molar-refractivity contribution in [1.82, 2.24) is 35.1 Å². The molecule has 0 aliphatic rings. The first-order chi connectivity index (χ1) is 12.4. The molecule has 9 heteroatoms. The summed E-state index contributed by atoms with van der Waals surface area (Å²) >= 11 is 0. The Labute approximate surface area is 151 Å². The van der Waals surface area contributed by atoms with Gasteiger partial charge in [0.2, 0.25) is 11.7 Å². The highest BCUT2D eigenvalue weighted by Crippen LogP contribution is 2.19. The van der Waals surface area contributed by atoms with Crippen LogP contribution in [0.2, 0.25) is 0 Å². The smallest absolute Gasteiger partial charge is 0.318 e. The molecule has 2 amide bonds. The first-order valence-electron chi connectivity index (χ1n) is 8.19. The molecule has 0 radical (unpaired) electrons. The van der Waals surface area contributed by atoms with Crippen molar-refractivity contribution < 1.29 is 9.32 Å². The molecule has 0 aliphatic carbocycles. The van der Waals surface area contributed by atoms with Gasteiger partial charge in [0.25, 0.3) is 0 Å². The van der Waals surface area contributed by atoms with Gasteiger partial charge in [-0.25, -0.2) is 4.79 Å². The third-order valence-corrected chi connectivity index (χ3v) is 3.96. The largest absolute Gasteiger partial charge is 0.337 e. The van der Waals surface area contributed by atoms with Crippen molar-refractivity contribution in [2.75, 3.05) is 7.05 Å². The van der Waals surface area contributed by atoms with Gasteiger partial charge in [-0.2, -0.15) is 4.98 Å². The monoisotopic (exact) mass is 355 g/mol. The van der Waals surface area contributed by atoms with Crippen LogP contribution in [-0.4, -0.2) is 42.9 Å². The molecule has 0 aliphatic heterocycles. The summed E-state index contributed by atoms with van der Waals surface area (Å²) < 4.78 is 7.07. The van der Waals surface area contributed by atoms with E-state index in [0.29, 0.717) is 24.1 Å². The minimum atomic E-state index is -0.421. The van der Waals surface area contributed by atoms with Crippen molar-refractivity contribution >= 4 is 6.03 Å². The molecular weight excluding hydrogens is 334 g/mol. The highest BCUT2D eigenvalue weighted by molar-refractivity contribution is 5.74. The van der Waals surface area contributed by atoms with Crippen molar-refractivity contribution in [3.8, 4) is 11.4 Å². The molecule has 1 N–H and O–H groups in total. The van der Waals surface area contributed by atoms with E-state index in [9.17, 15) is 4.79 Å².